The smallest absolute Gasteiger partial charge is 0.282 e. The van der Waals surface area contributed by atoms with Gasteiger partial charge in [0.05, 0.1) is 14.2 Å². The van der Waals surface area contributed by atoms with Crippen LogP contribution < -0.4 is 15.2 Å². The van der Waals surface area contributed by atoms with Gasteiger partial charge in [0.25, 0.3) is 17.5 Å². The van der Waals surface area contributed by atoms with E-state index in [-0.39, 0.29) is 17.9 Å². The maximum absolute atomic E-state index is 12.7. The van der Waals surface area contributed by atoms with Gasteiger partial charge in [0.2, 0.25) is 0 Å². The molecule has 0 radical (unpaired) electrons. The van der Waals surface area contributed by atoms with Gasteiger partial charge in [0.1, 0.15) is 17.9 Å². The normalized spacial score (nSPS) is 14.5. The van der Waals surface area contributed by atoms with Crippen LogP contribution in [0.25, 0.3) is 6.08 Å². The van der Waals surface area contributed by atoms with Crippen LogP contribution >= 0.6 is 22.6 Å². The van der Waals surface area contributed by atoms with E-state index in [0.717, 1.165) is 3.57 Å². The van der Waals surface area contributed by atoms with Crippen LogP contribution in [-0.2, 0) is 16.2 Å². The van der Waals surface area contributed by atoms with Crippen LogP contribution in [0.2, 0.25) is 0 Å². The molecule has 1 saturated heterocycles. The lowest BCUT2D eigenvalue weighted by Gasteiger charge is -2.13. The minimum Gasteiger partial charge on any atom is -0.488 e. The Kier molecular flexibility index (Phi) is 6.17. The fourth-order valence-corrected chi connectivity index (χ4v) is 3.82. The number of nitrogens with zero attached hydrogens (tertiary/aromatic N) is 2. The summed E-state index contributed by atoms with van der Waals surface area (Å²) < 4.78 is 6.57. The van der Waals surface area contributed by atoms with Crippen molar-refractivity contribution >= 4 is 51.9 Å². The number of nitro benzene ring substituents is 1. The Balaban J connectivity index is 1.49. The van der Waals surface area contributed by atoms with E-state index >= 15 is 0 Å². The van der Waals surface area contributed by atoms with Crippen molar-refractivity contribution in [1.29, 1.82) is 0 Å². The van der Waals surface area contributed by atoms with Crippen molar-refractivity contribution < 1.29 is 19.2 Å². The predicted octanol–water partition coefficient (Wildman–Crippen LogP) is 4.24. The molecule has 160 valence electrons. The number of anilines is 1. The number of hydrazine groups is 1. The van der Waals surface area contributed by atoms with E-state index in [0.29, 0.717) is 22.6 Å². The van der Waals surface area contributed by atoms with Crippen LogP contribution in [-0.4, -0.2) is 16.7 Å². The third-order valence-corrected chi connectivity index (χ3v) is 5.53. The first kappa shape index (κ1) is 21.5. The van der Waals surface area contributed by atoms with Crippen molar-refractivity contribution in [1.82, 2.24) is 5.43 Å². The van der Waals surface area contributed by atoms with Crippen molar-refractivity contribution in [2.24, 2.45) is 0 Å². The highest BCUT2D eigenvalue weighted by Gasteiger charge is 2.34. The molecule has 0 atom stereocenters. The van der Waals surface area contributed by atoms with Gasteiger partial charge in [0.15, 0.2) is 0 Å². The topological polar surface area (TPSA) is 102 Å². The molecule has 2 amide bonds. The highest BCUT2D eigenvalue weighted by Crippen LogP contribution is 2.26. The third-order valence-electron chi connectivity index (χ3n) is 4.69. The molecule has 0 unspecified atom stereocenters. The number of nitro groups is 1. The van der Waals surface area contributed by atoms with Crippen LogP contribution in [0.1, 0.15) is 11.1 Å². The summed E-state index contributed by atoms with van der Waals surface area (Å²) in [7, 11) is 0. The zero-order chi connectivity index (χ0) is 22.7. The maximum atomic E-state index is 12.7. The molecule has 32 heavy (non-hydrogen) atoms. The number of ether oxygens (including phenoxy) is 1. The molecule has 0 bridgehead atoms. The van der Waals surface area contributed by atoms with Gasteiger partial charge in [-0.25, -0.2) is 5.01 Å². The van der Waals surface area contributed by atoms with Gasteiger partial charge in [-0.1, -0.05) is 36.4 Å². The molecule has 1 aliphatic rings. The molecule has 3 aromatic rings. The highest BCUT2D eigenvalue weighted by molar-refractivity contribution is 14.1. The lowest BCUT2D eigenvalue weighted by Crippen LogP contribution is -2.35. The van der Waals surface area contributed by atoms with Gasteiger partial charge in [-0.3, -0.25) is 25.1 Å². The summed E-state index contributed by atoms with van der Waals surface area (Å²) in [6.07, 6.45) is 1.53. The average molecular weight is 541 g/mol. The molecular formula is C23H16IN3O5. The molecule has 1 N–H and O–H groups in total. The predicted molar refractivity (Wildman–Crippen MR) is 127 cm³/mol. The largest absolute Gasteiger partial charge is 0.488 e. The first-order chi connectivity index (χ1) is 15.4. The number of non-ortho nitro benzene ring substituents is 1. The van der Waals surface area contributed by atoms with E-state index in [1.807, 2.05) is 6.07 Å². The lowest BCUT2D eigenvalue weighted by molar-refractivity contribution is -0.384. The number of para-hydroxylation sites is 1. The molecule has 1 fully saturated rings. The number of carbonyl (C=O) groups excluding carboxylic acids is 2. The molecule has 0 saturated carbocycles. The van der Waals surface area contributed by atoms with E-state index < -0.39 is 16.7 Å². The number of halogens is 1. The minimum atomic E-state index is -0.472. The van der Waals surface area contributed by atoms with Gasteiger partial charge >= 0.3 is 0 Å². The number of carbonyl (C=O) groups is 2. The molecule has 0 spiro atoms. The van der Waals surface area contributed by atoms with Gasteiger partial charge < -0.3 is 4.74 Å². The van der Waals surface area contributed by atoms with Crippen LogP contribution in [0.4, 0.5) is 11.4 Å². The van der Waals surface area contributed by atoms with Crippen LogP contribution in [0.15, 0.2) is 78.4 Å². The van der Waals surface area contributed by atoms with Crippen LogP contribution in [0.3, 0.4) is 0 Å². The molecule has 0 aromatic heterocycles. The number of nitrogens with one attached hydrogen (secondary N) is 1. The molecule has 3 aromatic carbocycles. The molecule has 1 heterocycles. The highest BCUT2D eigenvalue weighted by atomic mass is 127. The van der Waals surface area contributed by atoms with Crippen molar-refractivity contribution in [2.45, 2.75) is 6.61 Å². The Morgan fingerprint density at radius 3 is 2.53 bits per heavy atom. The summed E-state index contributed by atoms with van der Waals surface area (Å²) in [5, 5.41) is 12.1. The van der Waals surface area contributed by atoms with E-state index in [1.54, 1.807) is 54.6 Å². The van der Waals surface area contributed by atoms with Gasteiger partial charge in [0, 0.05) is 12.1 Å². The molecule has 4 rings (SSSR count). The summed E-state index contributed by atoms with van der Waals surface area (Å²) in [6.45, 7) is 0.172. The Morgan fingerprint density at radius 1 is 1.03 bits per heavy atom. The second-order valence-corrected chi connectivity index (χ2v) is 8.04. The summed E-state index contributed by atoms with van der Waals surface area (Å²) in [4.78, 5) is 35.5. The quantitative estimate of drug-likeness (QED) is 0.166. The van der Waals surface area contributed by atoms with Gasteiger partial charge in [-0.2, -0.15) is 0 Å². The zero-order valence-electron chi connectivity index (χ0n) is 16.5. The Hall–Kier alpha value is -3.73. The Morgan fingerprint density at radius 2 is 1.81 bits per heavy atom. The minimum absolute atomic E-state index is 0.00632. The monoisotopic (exact) mass is 541 g/mol. The zero-order valence-corrected chi connectivity index (χ0v) is 18.7. The van der Waals surface area contributed by atoms with E-state index in [1.165, 1.54) is 23.2 Å². The maximum Gasteiger partial charge on any atom is 0.282 e. The second kappa shape index (κ2) is 9.18. The SMILES string of the molecule is O=C1NN(c2ccccc2)C(=O)/C1=C\c1ccc(OCc2cccc([N+](=O)[O-])c2)c(I)c1. The third kappa shape index (κ3) is 4.62. The number of hydrogen-bond donors (Lipinski definition) is 1. The summed E-state index contributed by atoms with van der Waals surface area (Å²) in [6, 6.07) is 20.4. The first-order valence-electron chi connectivity index (χ1n) is 9.50. The van der Waals surface area contributed by atoms with E-state index in [4.69, 9.17) is 4.74 Å². The summed E-state index contributed by atoms with van der Waals surface area (Å²) in [5.74, 6) is -0.311. The van der Waals surface area contributed by atoms with Crippen molar-refractivity contribution in [3.05, 3.63) is 103 Å². The summed E-state index contributed by atoms with van der Waals surface area (Å²) in [5.41, 5.74) is 4.54. The molecule has 1 aliphatic heterocycles. The van der Waals surface area contributed by atoms with Crippen LogP contribution in [0, 0.1) is 13.7 Å². The molecule has 0 aliphatic carbocycles. The first-order valence-corrected chi connectivity index (χ1v) is 10.6. The Bertz CT molecular complexity index is 1240. The Labute approximate surface area is 196 Å². The lowest BCUT2D eigenvalue weighted by atomic mass is 10.1. The fourth-order valence-electron chi connectivity index (χ4n) is 3.13. The van der Waals surface area contributed by atoms with Crippen molar-refractivity contribution in [2.75, 3.05) is 5.01 Å². The van der Waals surface area contributed by atoms with Gasteiger partial charge in [-0.05, 0) is 64.1 Å². The number of hydrogen-bond acceptors (Lipinski definition) is 5. The average Bonchev–Trinajstić information content (AvgIpc) is 3.07. The number of amides is 2. The number of rotatable bonds is 6. The van der Waals surface area contributed by atoms with Crippen LogP contribution in [0.5, 0.6) is 5.75 Å². The standard InChI is InChI=1S/C23H16IN3O5/c24-20-13-15(9-10-21(20)32-14-16-5-4-8-18(11-16)27(30)31)12-19-22(28)25-26(23(19)29)17-6-2-1-3-7-17/h1-13H,14H2,(H,25,28)/b19-12-. The molecule has 9 heteroatoms. The second-order valence-electron chi connectivity index (χ2n) is 6.88. The fraction of sp³-hybridized carbons (Fsp3) is 0.0435. The molecule has 8 nitrogen and oxygen atoms in total. The van der Waals surface area contributed by atoms with Gasteiger partial charge in [-0.15, -0.1) is 0 Å². The summed E-state index contributed by atoms with van der Waals surface area (Å²) >= 11 is 2.10. The van der Waals surface area contributed by atoms with Crippen molar-refractivity contribution in [3.8, 4) is 5.75 Å². The molecular weight excluding hydrogens is 525 g/mol. The van der Waals surface area contributed by atoms with Crippen molar-refractivity contribution in [3.63, 3.8) is 0 Å². The van der Waals surface area contributed by atoms with E-state index in [2.05, 4.69) is 28.0 Å². The number of benzene rings is 3. The van der Waals surface area contributed by atoms with E-state index in [9.17, 15) is 19.7 Å².